The molecule has 0 aliphatic carbocycles. The standard InChI is InChI=1S/C34H35N6O9P/c35-29(41)14-13-25(31(42)36-18-19-5-2-1-3-6-19)38-33(44)28-17-21-8-4-7-20-9-11-26(34(45)40(28)30(20)21)39-32(43)27-16-22-15-23(49-50(46,47)48)10-12-24(22)37-27/h1-8,10,12,15-16,25-26,28,37H,9,11,13-14,17-18H2,(H2,35,41)(H,36,42)(H,38,44)(H,39,43)(H2,46,47,48)/t25-,26-,28-/m0/s1. The van der Waals surface area contributed by atoms with Crippen LogP contribution in [0.3, 0.4) is 0 Å². The van der Waals surface area contributed by atoms with Gasteiger partial charge in [0, 0.05) is 30.3 Å². The van der Waals surface area contributed by atoms with Crippen molar-refractivity contribution in [1.82, 2.24) is 20.9 Å². The number of aromatic amines is 1. The Hall–Kier alpha value is -5.50. The van der Waals surface area contributed by atoms with Gasteiger partial charge in [0.25, 0.3) is 5.91 Å². The molecule has 3 heterocycles. The maximum Gasteiger partial charge on any atom is 0.524 e. The first-order valence-corrected chi connectivity index (χ1v) is 17.4. The Morgan fingerprint density at radius 3 is 2.52 bits per heavy atom. The van der Waals surface area contributed by atoms with Crippen LogP contribution in [0.4, 0.5) is 5.69 Å². The number of phosphoric ester groups is 1. The van der Waals surface area contributed by atoms with E-state index in [4.69, 9.17) is 15.5 Å². The minimum Gasteiger partial charge on any atom is -0.404 e. The van der Waals surface area contributed by atoms with Gasteiger partial charge in [-0.1, -0.05) is 48.5 Å². The van der Waals surface area contributed by atoms with Crippen LogP contribution in [-0.4, -0.2) is 62.4 Å². The van der Waals surface area contributed by atoms with Crippen LogP contribution in [0.1, 0.15) is 46.4 Å². The molecule has 3 aromatic carbocycles. The highest BCUT2D eigenvalue weighted by Crippen LogP contribution is 2.40. The molecule has 2 aliphatic heterocycles. The number of carbonyl (C=O) groups is 5. The number of nitrogens with one attached hydrogen (secondary N) is 4. The van der Waals surface area contributed by atoms with Gasteiger partial charge in [0.2, 0.25) is 23.6 Å². The van der Waals surface area contributed by atoms with Gasteiger partial charge in [0.05, 0.1) is 5.69 Å². The molecule has 4 aromatic rings. The third-order valence-electron chi connectivity index (χ3n) is 8.70. The minimum absolute atomic E-state index is 0.0450. The van der Waals surface area contributed by atoms with E-state index in [-0.39, 0.29) is 43.7 Å². The summed E-state index contributed by atoms with van der Waals surface area (Å²) in [4.78, 5) is 89.0. The highest BCUT2D eigenvalue weighted by Gasteiger charge is 2.44. The van der Waals surface area contributed by atoms with Crippen molar-refractivity contribution in [3.05, 3.63) is 95.2 Å². The highest BCUT2D eigenvalue weighted by atomic mass is 31.2. The summed E-state index contributed by atoms with van der Waals surface area (Å²) in [6.45, 7) is 0.200. The van der Waals surface area contributed by atoms with Gasteiger partial charge in [-0.3, -0.25) is 38.7 Å². The number of aryl methyl sites for hydroxylation is 1. The Balaban J connectivity index is 1.20. The zero-order valence-corrected chi connectivity index (χ0v) is 27.5. The van der Waals surface area contributed by atoms with Crippen molar-refractivity contribution >= 4 is 53.9 Å². The van der Waals surface area contributed by atoms with Crippen molar-refractivity contribution in [3.8, 4) is 5.75 Å². The Labute approximate surface area is 285 Å². The zero-order valence-electron chi connectivity index (χ0n) is 26.6. The van der Waals surface area contributed by atoms with Gasteiger partial charge >= 0.3 is 7.82 Å². The lowest BCUT2D eigenvalue weighted by molar-refractivity contribution is -0.131. The molecule has 0 fully saturated rings. The number of H-pyrrole nitrogens is 1. The van der Waals surface area contributed by atoms with E-state index in [1.54, 1.807) is 0 Å². The number of aromatic nitrogens is 1. The first-order valence-electron chi connectivity index (χ1n) is 15.9. The number of anilines is 1. The average Bonchev–Trinajstić information content (AvgIpc) is 3.65. The van der Waals surface area contributed by atoms with Crippen molar-refractivity contribution in [3.63, 3.8) is 0 Å². The van der Waals surface area contributed by atoms with E-state index in [9.17, 15) is 28.5 Å². The molecular weight excluding hydrogens is 667 g/mol. The Bertz CT molecular complexity index is 2030. The number of primary amides is 1. The van der Waals surface area contributed by atoms with Gasteiger partial charge in [-0.05, 0) is 60.2 Å². The van der Waals surface area contributed by atoms with Gasteiger partial charge in [0.1, 0.15) is 29.6 Å². The van der Waals surface area contributed by atoms with Gasteiger partial charge in [-0.25, -0.2) is 4.57 Å². The Kier molecular flexibility index (Phi) is 9.73. The van der Waals surface area contributed by atoms with Crippen LogP contribution in [0.2, 0.25) is 0 Å². The molecule has 1 aromatic heterocycles. The van der Waals surface area contributed by atoms with Crippen LogP contribution in [0.25, 0.3) is 10.9 Å². The zero-order chi connectivity index (χ0) is 35.6. The average molecular weight is 703 g/mol. The lowest BCUT2D eigenvalue weighted by atomic mass is 10.0. The number of rotatable bonds is 12. The molecule has 50 heavy (non-hydrogen) atoms. The van der Waals surface area contributed by atoms with Crippen molar-refractivity contribution in [1.29, 1.82) is 0 Å². The van der Waals surface area contributed by atoms with Gasteiger partial charge in [-0.2, -0.15) is 0 Å². The molecule has 0 saturated carbocycles. The smallest absolute Gasteiger partial charge is 0.404 e. The van der Waals surface area contributed by atoms with Gasteiger partial charge in [0.15, 0.2) is 0 Å². The number of nitrogens with two attached hydrogens (primary N) is 1. The molecule has 0 saturated heterocycles. The number of hydrogen-bond donors (Lipinski definition) is 7. The highest BCUT2D eigenvalue weighted by molar-refractivity contribution is 7.46. The van der Waals surface area contributed by atoms with E-state index in [2.05, 4.69) is 25.5 Å². The predicted octanol–water partition coefficient (Wildman–Crippen LogP) is 1.71. The maximum absolute atomic E-state index is 14.2. The third kappa shape index (κ3) is 7.70. The van der Waals surface area contributed by atoms with Gasteiger partial charge < -0.3 is 31.2 Å². The summed E-state index contributed by atoms with van der Waals surface area (Å²) in [5.74, 6) is -2.94. The summed E-state index contributed by atoms with van der Waals surface area (Å²) in [7, 11) is -4.79. The SMILES string of the molecule is NC(=O)CC[C@H](NC(=O)[C@@H]1Cc2cccc3c2N1C(=O)[C@@H](NC(=O)c1cc2cc(OP(=O)(O)O)ccc2[nH]1)CC3)C(=O)NCc1ccccc1. The number of fused-ring (bicyclic) bond motifs is 1. The van der Waals surface area contributed by atoms with Crippen molar-refractivity contribution in [2.24, 2.45) is 5.73 Å². The summed E-state index contributed by atoms with van der Waals surface area (Å²) in [5.41, 5.74) is 8.99. The summed E-state index contributed by atoms with van der Waals surface area (Å²) < 4.78 is 15.9. The Morgan fingerprint density at radius 1 is 1.02 bits per heavy atom. The molecule has 3 atom stereocenters. The van der Waals surface area contributed by atoms with Crippen molar-refractivity contribution in [2.75, 3.05) is 4.90 Å². The van der Waals surface area contributed by atoms with E-state index >= 15 is 0 Å². The number of hydrogen-bond acceptors (Lipinski definition) is 7. The fourth-order valence-electron chi connectivity index (χ4n) is 6.37. The number of nitrogens with zero attached hydrogens (tertiary/aromatic N) is 1. The largest absolute Gasteiger partial charge is 0.524 e. The number of benzene rings is 3. The maximum atomic E-state index is 14.2. The lowest BCUT2D eigenvalue weighted by Crippen LogP contribution is -2.57. The molecule has 0 unspecified atom stereocenters. The molecule has 260 valence electrons. The predicted molar refractivity (Wildman–Crippen MR) is 181 cm³/mol. The quantitative estimate of drug-likeness (QED) is 0.106. The lowest BCUT2D eigenvalue weighted by Gasteiger charge is -2.29. The first kappa shape index (κ1) is 34.4. The Morgan fingerprint density at radius 2 is 1.78 bits per heavy atom. The van der Waals surface area contributed by atoms with E-state index in [1.807, 2.05) is 48.5 Å². The fraction of sp³-hybridized carbons (Fsp3) is 0.265. The summed E-state index contributed by atoms with van der Waals surface area (Å²) in [5, 5.41) is 8.76. The van der Waals surface area contributed by atoms with Crippen LogP contribution in [0, 0.1) is 0 Å². The molecule has 0 radical (unpaired) electrons. The van der Waals surface area contributed by atoms with Crippen LogP contribution in [0.15, 0.2) is 72.8 Å². The molecule has 8 N–H and O–H groups in total. The van der Waals surface area contributed by atoms with Crippen molar-refractivity contribution in [2.45, 2.75) is 56.8 Å². The van der Waals surface area contributed by atoms with Crippen LogP contribution in [-0.2, 0) is 43.1 Å². The minimum atomic E-state index is -4.79. The molecule has 16 heteroatoms. The second-order valence-electron chi connectivity index (χ2n) is 12.2. The van der Waals surface area contributed by atoms with Crippen LogP contribution in [0.5, 0.6) is 5.75 Å². The van der Waals surface area contributed by atoms with Crippen molar-refractivity contribution < 1.29 is 42.8 Å². The molecule has 0 bridgehead atoms. The third-order valence-corrected chi connectivity index (χ3v) is 9.15. The number of amides is 5. The summed E-state index contributed by atoms with van der Waals surface area (Å²) in [6.07, 6.45) is 0.660. The number of carbonyl (C=O) groups excluding carboxylic acids is 5. The van der Waals surface area contributed by atoms with E-state index in [1.165, 1.54) is 29.2 Å². The normalized spacial score (nSPS) is 17.4. The van der Waals surface area contributed by atoms with E-state index in [0.717, 1.165) is 16.7 Å². The van der Waals surface area contributed by atoms with E-state index < -0.39 is 55.5 Å². The second kappa shape index (κ2) is 14.2. The van der Waals surface area contributed by atoms with Crippen LogP contribution >= 0.6 is 7.82 Å². The molecule has 15 nitrogen and oxygen atoms in total. The topological polar surface area (TPSA) is 233 Å². The molecule has 5 amide bonds. The summed E-state index contributed by atoms with van der Waals surface area (Å²) >= 11 is 0. The molecule has 2 aliphatic rings. The first-order chi connectivity index (χ1) is 23.9. The summed E-state index contributed by atoms with van der Waals surface area (Å²) in [6, 6.07) is 17.2. The monoisotopic (exact) mass is 702 g/mol. The van der Waals surface area contributed by atoms with Crippen LogP contribution < -0.4 is 31.1 Å². The molecule has 6 rings (SSSR count). The molecule has 0 spiro atoms. The number of para-hydroxylation sites is 1. The number of phosphoric acid groups is 1. The molecular formula is C34H35N6O9P. The second-order valence-corrected chi connectivity index (χ2v) is 13.4. The van der Waals surface area contributed by atoms with Gasteiger partial charge in [-0.15, -0.1) is 0 Å². The van der Waals surface area contributed by atoms with E-state index in [0.29, 0.717) is 23.0 Å². The fourth-order valence-corrected chi connectivity index (χ4v) is 6.76.